The van der Waals surface area contributed by atoms with E-state index < -0.39 is 0 Å². The molecule has 0 aromatic rings. The van der Waals surface area contributed by atoms with E-state index in [1.54, 1.807) is 0 Å². The fourth-order valence-electron chi connectivity index (χ4n) is 3.18. The second kappa shape index (κ2) is 7.32. The van der Waals surface area contributed by atoms with Gasteiger partial charge in [0.25, 0.3) is 0 Å². The van der Waals surface area contributed by atoms with Crippen LogP contribution in [0.1, 0.15) is 72.1 Å². The summed E-state index contributed by atoms with van der Waals surface area (Å²) in [7, 11) is 0. The van der Waals surface area contributed by atoms with Crippen LogP contribution in [0, 0.1) is 11.3 Å². The van der Waals surface area contributed by atoms with Crippen molar-refractivity contribution in [2.45, 2.75) is 72.1 Å². The fraction of sp³-hybridized carbons (Fsp3) is 1.00. The summed E-state index contributed by atoms with van der Waals surface area (Å²) >= 11 is 0. The van der Waals surface area contributed by atoms with Crippen LogP contribution in [0.15, 0.2) is 0 Å². The lowest BCUT2D eigenvalue weighted by Gasteiger charge is -2.42. The highest BCUT2D eigenvalue weighted by Crippen LogP contribution is 2.40. The molecule has 0 spiro atoms. The Balaban J connectivity index is 2.36. The highest BCUT2D eigenvalue weighted by Gasteiger charge is 2.34. The maximum absolute atomic E-state index is 3.58. The van der Waals surface area contributed by atoms with Gasteiger partial charge in [-0.25, -0.2) is 0 Å². The number of rotatable bonds is 7. The second-order valence-electron chi connectivity index (χ2n) is 5.90. The van der Waals surface area contributed by atoms with Crippen LogP contribution < -0.4 is 5.32 Å². The molecule has 0 aromatic heterocycles. The van der Waals surface area contributed by atoms with E-state index >= 15 is 0 Å². The van der Waals surface area contributed by atoms with Crippen LogP contribution >= 0.6 is 0 Å². The van der Waals surface area contributed by atoms with Crippen LogP contribution in [-0.2, 0) is 0 Å². The molecule has 1 nitrogen and oxygen atoms in total. The minimum absolute atomic E-state index is 0.634. The fourth-order valence-corrected chi connectivity index (χ4v) is 3.18. The lowest BCUT2D eigenvalue weighted by molar-refractivity contribution is 0.105. The van der Waals surface area contributed by atoms with Gasteiger partial charge < -0.3 is 5.32 Å². The molecule has 16 heavy (non-hydrogen) atoms. The first-order valence-electron chi connectivity index (χ1n) is 7.43. The van der Waals surface area contributed by atoms with Gasteiger partial charge in [-0.15, -0.1) is 0 Å². The molecule has 0 amide bonds. The van der Waals surface area contributed by atoms with Crippen molar-refractivity contribution in [1.82, 2.24) is 5.32 Å². The first-order chi connectivity index (χ1) is 7.73. The number of hydrogen-bond acceptors (Lipinski definition) is 1. The Morgan fingerprint density at radius 2 is 1.94 bits per heavy atom. The van der Waals surface area contributed by atoms with Crippen LogP contribution in [0.5, 0.6) is 0 Å². The highest BCUT2D eigenvalue weighted by atomic mass is 14.9. The van der Waals surface area contributed by atoms with E-state index in [1.165, 1.54) is 64.5 Å². The zero-order valence-corrected chi connectivity index (χ0v) is 11.6. The summed E-state index contributed by atoms with van der Waals surface area (Å²) in [4.78, 5) is 0. The molecule has 96 valence electrons. The summed E-state index contributed by atoms with van der Waals surface area (Å²) < 4.78 is 0. The number of unbranched alkanes of at least 4 members (excludes halogenated alkanes) is 3. The third-order valence-corrected chi connectivity index (χ3v) is 4.49. The van der Waals surface area contributed by atoms with Crippen molar-refractivity contribution in [1.29, 1.82) is 0 Å². The molecular formula is C15H31N. The first kappa shape index (κ1) is 14.0. The summed E-state index contributed by atoms with van der Waals surface area (Å²) in [5.74, 6) is 0.924. The molecular weight excluding hydrogens is 194 g/mol. The zero-order chi connectivity index (χ0) is 11.9. The smallest absolute Gasteiger partial charge is 0.00153 e. The van der Waals surface area contributed by atoms with Crippen molar-refractivity contribution < 1.29 is 0 Å². The average Bonchev–Trinajstić information content (AvgIpc) is 2.28. The van der Waals surface area contributed by atoms with Crippen LogP contribution in [0.2, 0.25) is 0 Å². The molecule has 0 bridgehead atoms. The molecule has 1 aliphatic heterocycles. The second-order valence-corrected chi connectivity index (χ2v) is 5.90. The van der Waals surface area contributed by atoms with Gasteiger partial charge >= 0.3 is 0 Å². The number of hydrogen-bond donors (Lipinski definition) is 1. The zero-order valence-electron chi connectivity index (χ0n) is 11.6. The molecule has 1 aliphatic rings. The Bertz CT molecular complexity index is 176. The van der Waals surface area contributed by atoms with E-state index in [0.29, 0.717) is 5.41 Å². The Morgan fingerprint density at radius 3 is 2.62 bits per heavy atom. The molecule has 0 saturated carbocycles. The van der Waals surface area contributed by atoms with Gasteiger partial charge in [0.2, 0.25) is 0 Å². The van der Waals surface area contributed by atoms with Gasteiger partial charge in [-0.2, -0.15) is 0 Å². The van der Waals surface area contributed by atoms with E-state index in [-0.39, 0.29) is 0 Å². The Kier molecular flexibility index (Phi) is 6.41. The monoisotopic (exact) mass is 225 g/mol. The van der Waals surface area contributed by atoms with Gasteiger partial charge in [0.1, 0.15) is 0 Å². The third-order valence-electron chi connectivity index (χ3n) is 4.49. The predicted molar refractivity (Wildman–Crippen MR) is 72.8 cm³/mol. The Hall–Kier alpha value is -0.0400. The minimum Gasteiger partial charge on any atom is -0.316 e. The van der Waals surface area contributed by atoms with Gasteiger partial charge in [0, 0.05) is 0 Å². The quantitative estimate of drug-likeness (QED) is 0.634. The normalized spacial score (nSPS) is 30.6. The van der Waals surface area contributed by atoms with Crippen LogP contribution in [-0.4, -0.2) is 13.1 Å². The summed E-state index contributed by atoms with van der Waals surface area (Å²) in [5, 5.41) is 3.58. The summed E-state index contributed by atoms with van der Waals surface area (Å²) in [6.07, 6.45) is 11.3. The Labute approximate surface area is 102 Å². The molecule has 1 heteroatoms. The van der Waals surface area contributed by atoms with Crippen molar-refractivity contribution in [2.24, 2.45) is 11.3 Å². The van der Waals surface area contributed by atoms with Gasteiger partial charge in [-0.1, -0.05) is 52.9 Å². The molecule has 2 atom stereocenters. The van der Waals surface area contributed by atoms with Gasteiger partial charge in [-0.3, -0.25) is 0 Å². The van der Waals surface area contributed by atoms with Crippen LogP contribution in [0.3, 0.4) is 0 Å². The average molecular weight is 225 g/mol. The van der Waals surface area contributed by atoms with Crippen molar-refractivity contribution >= 4 is 0 Å². The van der Waals surface area contributed by atoms with Gasteiger partial charge in [0.05, 0.1) is 0 Å². The molecule has 0 radical (unpaired) electrons. The summed E-state index contributed by atoms with van der Waals surface area (Å²) in [6, 6.07) is 0. The van der Waals surface area contributed by atoms with E-state index in [9.17, 15) is 0 Å². The van der Waals surface area contributed by atoms with E-state index in [0.717, 1.165) is 5.92 Å². The van der Waals surface area contributed by atoms with E-state index in [2.05, 4.69) is 26.1 Å². The molecule has 0 aliphatic carbocycles. The predicted octanol–water partition coefficient (Wildman–Crippen LogP) is 4.37. The standard InChI is InChI=1S/C15H31N/c1-4-6-7-8-10-15(3)11-12-16-13-14(15)9-5-2/h14,16H,4-13H2,1-3H3. The van der Waals surface area contributed by atoms with Crippen molar-refractivity contribution in [3.8, 4) is 0 Å². The maximum Gasteiger partial charge on any atom is -0.00153 e. The molecule has 1 N–H and O–H groups in total. The summed E-state index contributed by atoms with van der Waals surface area (Å²) in [5.41, 5.74) is 0.634. The molecule has 1 fully saturated rings. The van der Waals surface area contributed by atoms with Gasteiger partial charge in [-0.05, 0) is 43.7 Å². The van der Waals surface area contributed by atoms with Gasteiger partial charge in [0.15, 0.2) is 0 Å². The maximum atomic E-state index is 3.58. The number of piperidine rings is 1. The molecule has 1 saturated heterocycles. The van der Waals surface area contributed by atoms with E-state index in [1.807, 2.05) is 0 Å². The van der Waals surface area contributed by atoms with E-state index in [4.69, 9.17) is 0 Å². The molecule has 0 aromatic carbocycles. The third kappa shape index (κ3) is 4.08. The molecule has 1 heterocycles. The summed E-state index contributed by atoms with van der Waals surface area (Å²) in [6.45, 7) is 9.67. The Morgan fingerprint density at radius 1 is 1.12 bits per heavy atom. The minimum atomic E-state index is 0.634. The molecule has 1 rings (SSSR count). The highest BCUT2D eigenvalue weighted by molar-refractivity contribution is 4.88. The topological polar surface area (TPSA) is 12.0 Å². The lowest BCUT2D eigenvalue weighted by atomic mass is 9.67. The first-order valence-corrected chi connectivity index (χ1v) is 7.43. The van der Waals surface area contributed by atoms with Crippen LogP contribution in [0.25, 0.3) is 0 Å². The van der Waals surface area contributed by atoms with Crippen molar-refractivity contribution in [3.63, 3.8) is 0 Å². The lowest BCUT2D eigenvalue weighted by Crippen LogP contribution is -2.43. The van der Waals surface area contributed by atoms with Crippen molar-refractivity contribution in [2.75, 3.05) is 13.1 Å². The van der Waals surface area contributed by atoms with Crippen LogP contribution in [0.4, 0.5) is 0 Å². The molecule has 2 unspecified atom stereocenters. The number of nitrogens with one attached hydrogen (secondary N) is 1. The largest absolute Gasteiger partial charge is 0.316 e. The van der Waals surface area contributed by atoms with Crippen molar-refractivity contribution in [3.05, 3.63) is 0 Å². The SMILES string of the molecule is CCCCCCC1(C)CCNCC1CCC.